The molecule has 0 spiro atoms. The SMILES string of the molecule is COc1ccc(C2=Cc3ccc(OCc4ccccc4)cc3CCC2)c([N+](=O)[O-])c1. The first-order valence-corrected chi connectivity index (χ1v) is 9.97. The Labute approximate surface area is 175 Å². The van der Waals surface area contributed by atoms with Crippen LogP contribution >= 0.6 is 0 Å². The number of nitro groups is 1. The van der Waals surface area contributed by atoms with Crippen LogP contribution in [-0.4, -0.2) is 12.0 Å². The molecule has 1 aliphatic carbocycles. The molecule has 5 nitrogen and oxygen atoms in total. The van der Waals surface area contributed by atoms with E-state index in [-0.39, 0.29) is 10.6 Å². The van der Waals surface area contributed by atoms with E-state index in [2.05, 4.69) is 12.1 Å². The smallest absolute Gasteiger partial charge is 0.280 e. The lowest BCUT2D eigenvalue weighted by Gasteiger charge is -2.10. The first-order valence-electron chi connectivity index (χ1n) is 9.97. The summed E-state index contributed by atoms with van der Waals surface area (Å²) in [6.07, 6.45) is 4.67. The maximum Gasteiger partial charge on any atom is 0.280 e. The van der Waals surface area contributed by atoms with E-state index >= 15 is 0 Å². The van der Waals surface area contributed by atoms with Crippen LogP contribution in [0.1, 0.15) is 35.1 Å². The van der Waals surface area contributed by atoms with E-state index in [0.717, 1.165) is 41.7 Å². The number of allylic oxidation sites excluding steroid dienone is 1. The molecule has 0 aliphatic heterocycles. The lowest BCUT2D eigenvalue weighted by molar-refractivity contribution is -0.385. The number of benzene rings is 3. The highest BCUT2D eigenvalue weighted by Crippen LogP contribution is 2.36. The minimum absolute atomic E-state index is 0.0758. The molecule has 0 saturated heterocycles. The maximum absolute atomic E-state index is 11.6. The highest BCUT2D eigenvalue weighted by molar-refractivity contribution is 5.86. The molecule has 0 N–H and O–H groups in total. The number of hydrogen-bond donors (Lipinski definition) is 0. The number of rotatable bonds is 6. The van der Waals surface area contributed by atoms with Crippen molar-refractivity contribution in [2.45, 2.75) is 25.9 Å². The molecule has 0 unspecified atom stereocenters. The summed E-state index contributed by atoms with van der Waals surface area (Å²) in [7, 11) is 1.51. The van der Waals surface area contributed by atoms with Gasteiger partial charge in [-0.1, -0.05) is 42.5 Å². The van der Waals surface area contributed by atoms with Gasteiger partial charge in [0.1, 0.15) is 18.1 Å². The first-order chi connectivity index (χ1) is 14.6. The monoisotopic (exact) mass is 401 g/mol. The van der Waals surface area contributed by atoms with Crippen LogP contribution in [0.25, 0.3) is 11.6 Å². The van der Waals surface area contributed by atoms with Crippen LogP contribution in [0, 0.1) is 10.1 Å². The zero-order chi connectivity index (χ0) is 20.9. The third-order valence-electron chi connectivity index (χ3n) is 5.33. The molecule has 0 bridgehead atoms. The predicted molar refractivity (Wildman–Crippen MR) is 118 cm³/mol. The molecule has 0 atom stereocenters. The van der Waals surface area contributed by atoms with E-state index < -0.39 is 0 Å². The van der Waals surface area contributed by atoms with Gasteiger partial charge in [0.25, 0.3) is 5.69 Å². The van der Waals surface area contributed by atoms with E-state index in [1.54, 1.807) is 12.1 Å². The van der Waals surface area contributed by atoms with Crippen LogP contribution in [0.2, 0.25) is 0 Å². The molecule has 30 heavy (non-hydrogen) atoms. The van der Waals surface area contributed by atoms with Crippen molar-refractivity contribution in [3.63, 3.8) is 0 Å². The third-order valence-corrected chi connectivity index (χ3v) is 5.33. The van der Waals surface area contributed by atoms with Gasteiger partial charge in [-0.15, -0.1) is 0 Å². The third kappa shape index (κ3) is 4.35. The number of ether oxygens (including phenoxy) is 2. The molecule has 4 rings (SSSR count). The van der Waals surface area contributed by atoms with Crippen LogP contribution < -0.4 is 9.47 Å². The van der Waals surface area contributed by atoms with Crippen molar-refractivity contribution in [3.05, 3.63) is 99.1 Å². The van der Waals surface area contributed by atoms with Gasteiger partial charge in [0.2, 0.25) is 0 Å². The summed E-state index contributed by atoms with van der Waals surface area (Å²) in [5, 5.41) is 11.6. The minimum atomic E-state index is -0.342. The van der Waals surface area contributed by atoms with Crippen molar-refractivity contribution in [1.29, 1.82) is 0 Å². The zero-order valence-electron chi connectivity index (χ0n) is 16.8. The highest BCUT2D eigenvalue weighted by Gasteiger charge is 2.20. The Hall–Kier alpha value is -3.60. The maximum atomic E-state index is 11.6. The Bertz CT molecular complexity index is 1090. The molecule has 0 aromatic heterocycles. The van der Waals surface area contributed by atoms with Gasteiger partial charge in [0.05, 0.1) is 23.7 Å². The van der Waals surface area contributed by atoms with Crippen molar-refractivity contribution >= 4 is 17.3 Å². The molecule has 152 valence electrons. The Morgan fingerprint density at radius 1 is 0.967 bits per heavy atom. The Morgan fingerprint density at radius 3 is 2.53 bits per heavy atom. The Kier molecular flexibility index (Phi) is 5.80. The number of fused-ring (bicyclic) bond motifs is 1. The number of hydrogen-bond acceptors (Lipinski definition) is 4. The van der Waals surface area contributed by atoms with Crippen molar-refractivity contribution in [1.82, 2.24) is 0 Å². The van der Waals surface area contributed by atoms with Crippen molar-refractivity contribution in [2.75, 3.05) is 7.11 Å². The fourth-order valence-corrected chi connectivity index (χ4v) is 3.77. The van der Waals surface area contributed by atoms with Crippen LogP contribution in [0.4, 0.5) is 5.69 Å². The van der Waals surface area contributed by atoms with Gasteiger partial charge in [-0.2, -0.15) is 0 Å². The van der Waals surface area contributed by atoms with Crippen LogP contribution in [0.3, 0.4) is 0 Å². The Morgan fingerprint density at radius 2 is 1.77 bits per heavy atom. The van der Waals surface area contributed by atoms with Gasteiger partial charge in [0.15, 0.2) is 0 Å². The number of methoxy groups -OCH3 is 1. The topological polar surface area (TPSA) is 61.6 Å². The lowest BCUT2D eigenvalue weighted by Crippen LogP contribution is -1.97. The van der Waals surface area contributed by atoms with E-state index in [9.17, 15) is 10.1 Å². The fraction of sp³-hybridized carbons (Fsp3) is 0.200. The summed E-state index contributed by atoms with van der Waals surface area (Å²) in [6, 6.07) is 21.2. The fourth-order valence-electron chi connectivity index (χ4n) is 3.77. The molecule has 0 heterocycles. The quantitative estimate of drug-likeness (QED) is 0.372. The lowest BCUT2D eigenvalue weighted by atomic mass is 9.98. The summed E-state index contributed by atoms with van der Waals surface area (Å²) in [5.74, 6) is 1.32. The van der Waals surface area contributed by atoms with Crippen molar-refractivity contribution < 1.29 is 14.4 Å². The first kappa shape index (κ1) is 19.7. The van der Waals surface area contributed by atoms with Gasteiger partial charge in [-0.3, -0.25) is 10.1 Å². The molecular weight excluding hydrogens is 378 g/mol. The summed E-state index contributed by atoms with van der Waals surface area (Å²) in [4.78, 5) is 11.3. The molecule has 0 radical (unpaired) electrons. The van der Waals surface area contributed by atoms with E-state index in [4.69, 9.17) is 9.47 Å². The van der Waals surface area contributed by atoms with Crippen molar-refractivity contribution in [2.24, 2.45) is 0 Å². The van der Waals surface area contributed by atoms with Crippen LogP contribution in [-0.2, 0) is 13.0 Å². The summed E-state index contributed by atoms with van der Waals surface area (Å²) >= 11 is 0. The molecule has 3 aromatic rings. The number of aryl methyl sites for hydroxylation is 1. The molecule has 0 amide bonds. The van der Waals surface area contributed by atoms with Gasteiger partial charge < -0.3 is 9.47 Å². The van der Waals surface area contributed by atoms with E-state index in [1.165, 1.54) is 18.7 Å². The van der Waals surface area contributed by atoms with Gasteiger partial charge >= 0.3 is 0 Å². The second-order valence-corrected chi connectivity index (χ2v) is 7.30. The second kappa shape index (κ2) is 8.82. The van der Waals surface area contributed by atoms with Crippen LogP contribution in [0.15, 0.2) is 66.7 Å². The molecule has 0 fully saturated rings. The highest BCUT2D eigenvalue weighted by atomic mass is 16.6. The zero-order valence-corrected chi connectivity index (χ0v) is 16.8. The van der Waals surface area contributed by atoms with Gasteiger partial charge in [0, 0.05) is 0 Å². The number of nitro benzene ring substituents is 1. The van der Waals surface area contributed by atoms with E-state index in [1.807, 2.05) is 42.5 Å². The summed E-state index contributed by atoms with van der Waals surface area (Å²) < 4.78 is 11.1. The molecular formula is C25H23NO4. The van der Waals surface area contributed by atoms with Crippen molar-refractivity contribution in [3.8, 4) is 11.5 Å². The molecule has 3 aromatic carbocycles. The van der Waals surface area contributed by atoms with Gasteiger partial charge in [-0.25, -0.2) is 0 Å². The molecule has 5 heteroatoms. The second-order valence-electron chi connectivity index (χ2n) is 7.30. The predicted octanol–water partition coefficient (Wildman–Crippen LogP) is 6.06. The minimum Gasteiger partial charge on any atom is -0.497 e. The van der Waals surface area contributed by atoms with Gasteiger partial charge in [-0.05, 0) is 65.8 Å². The largest absolute Gasteiger partial charge is 0.497 e. The average Bonchev–Trinajstić information content (AvgIpc) is 3.00. The van der Waals surface area contributed by atoms with Crippen LogP contribution in [0.5, 0.6) is 11.5 Å². The van der Waals surface area contributed by atoms with E-state index in [0.29, 0.717) is 17.9 Å². The summed E-state index contributed by atoms with van der Waals surface area (Å²) in [6.45, 7) is 0.527. The Balaban J connectivity index is 1.61. The standard InChI is InChI=1S/C25H23NO4/c1-29-22-12-13-24(25(16-22)26(27)28)21-9-5-8-19-15-23(11-10-20(19)14-21)30-17-18-6-3-2-4-7-18/h2-4,6-7,10-16H,5,8-9,17H2,1H3. The molecule has 0 saturated carbocycles. The summed E-state index contributed by atoms with van der Waals surface area (Å²) in [5.41, 5.74) is 5.11. The normalized spacial score (nSPS) is 13.0. The average molecular weight is 401 g/mol. The number of nitrogens with zero attached hydrogens (tertiary/aromatic N) is 1. The molecule has 1 aliphatic rings.